The van der Waals surface area contributed by atoms with Gasteiger partial charge in [-0.1, -0.05) is 44.4 Å². The van der Waals surface area contributed by atoms with Crippen LogP contribution in [0.3, 0.4) is 0 Å². The van der Waals surface area contributed by atoms with Crippen LogP contribution in [0.1, 0.15) is 43.0 Å². The highest BCUT2D eigenvalue weighted by atomic mass is 16.5. The van der Waals surface area contributed by atoms with Gasteiger partial charge in [-0.25, -0.2) is 14.8 Å². The van der Waals surface area contributed by atoms with Gasteiger partial charge in [0.05, 0.1) is 37.8 Å². The molecule has 0 saturated heterocycles. The molecule has 0 aliphatic carbocycles. The number of carbonyl (C=O) groups excluding carboxylic acids is 1. The van der Waals surface area contributed by atoms with E-state index in [0.717, 1.165) is 29.4 Å². The number of esters is 1. The van der Waals surface area contributed by atoms with E-state index in [9.17, 15) is 9.90 Å². The van der Waals surface area contributed by atoms with E-state index in [1.54, 1.807) is 30.3 Å². The molecule has 0 spiro atoms. The van der Waals surface area contributed by atoms with E-state index in [0.29, 0.717) is 49.3 Å². The lowest BCUT2D eigenvalue weighted by atomic mass is 10.1. The van der Waals surface area contributed by atoms with Crippen molar-refractivity contribution in [3.8, 4) is 28.6 Å². The average Bonchev–Trinajstić information content (AvgIpc) is 2.96. The van der Waals surface area contributed by atoms with Crippen molar-refractivity contribution in [1.82, 2.24) is 9.97 Å². The Hall–Kier alpha value is -4.01. The molecule has 4 rings (SSSR count). The molecule has 4 aromatic rings. The summed E-state index contributed by atoms with van der Waals surface area (Å²) in [5.41, 5.74) is 1.25. The summed E-state index contributed by atoms with van der Waals surface area (Å²) in [5.74, 6) is 1.18. The number of aromatic hydroxyl groups is 1. The van der Waals surface area contributed by atoms with Gasteiger partial charge in [-0.05, 0) is 59.7 Å². The van der Waals surface area contributed by atoms with E-state index in [2.05, 4.69) is 16.9 Å². The monoisotopic (exact) mass is 530 g/mol. The lowest BCUT2D eigenvalue weighted by Crippen LogP contribution is -2.11. The molecule has 0 atom stereocenters. The van der Waals surface area contributed by atoms with E-state index in [1.165, 1.54) is 31.7 Å². The van der Waals surface area contributed by atoms with Crippen molar-refractivity contribution < 1.29 is 28.8 Å². The molecule has 0 bridgehead atoms. The fraction of sp³-hybridized carbons (Fsp3) is 0.323. The maximum atomic E-state index is 12.7. The summed E-state index contributed by atoms with van der Waals surface area (Å²) in [6.07, 6.45) is 7.51. The third kappa shape index (κ3) is 8.77. The number of nitrogens with zero attached hydrogens (tertiary/aromatic N) is 2. The summed E-state index contributed by atoms with van der Waals surface area (Å²) in [6, 6.07) is 18.0. The van der Waals surface area contributed by atoms with Gasteiger partial charge in [-0.2, -0.15) is 0 Å². The van der Waals surface area contributed by atoms with Crippen LogP contribution in [-0.4, -0.2) is 54.1 Å². The minimum Gasteiger partial charge on any atom is -0.505 e. The highest BCUT2D eigenvalue weighted by Gasteiger charge is 2.10. The Morgan fingerprint density at radius 1 is 0.744 bits per heavy atom. The van der Waals surface area contributed by atoms with Crippen molar-refractivity contribution >= 4 is 16.7 Å². The molecular weight excluding hydrogens is 496 g/mol. The van der Waals surface area contributed by atoms with Gasteiger partial charge >= 0.3 is 5.97 Å². The van der Waals surface area contributed by atoms with Gasteiger partial charge in [0, 0.05) is 12.2 Å². The van der Waals surface area contributed by atoms with Gasteiger partial charge in [-0.15, -0.1) is 0 Å². The van der Waals surface area contributed by atoms with Crippen LogP contribution in [-0.2, 0) is 9.47 Å². The van der Waals surface area contributed by atoms with Crippen LogP contribution in [0.15, 0.2) is 73.1 Å². The fourth-order valence-electron chi connectivity index (χ4n) is 3.92. The number of rotatable bonds is 15. The van der Waals surface area contributed by atoms with E-state index >= 15 is 0 Å². The zero-order chi connectivity index (χ0) is 27.3. The number of carbonyl (C=O) groups is 1. The maximum absolute atomic E-state index is 12.7. The number of fused-ring (bicyclic) bond motifs is 1. The minimum absolute atomic E-state index is 0.0167. The molecule has 1 aromatic heterocycles. The van der Waals surface area contributed by atoms with Crippen molar-refractivity contribution in [1.29, 1.82) is 0 Å². The zero-order valence-electron chi connectivity index (χ0n) is 22.2. The summed E-state index contributed by atoms with van der Waals surface area (Å²) in [7, 11) is 0. The first-order valence-corrected chi connectivity index (χ1v) is 13.3. The van der Waals surface area contributed by atoms with Crippen molar-refractivity contribution in [3.63, 3.8) is 0 Å². The molecule has 0 aliphatic rings. The van der Waals surface area contributed by atoms with Crippen LogP contribution >= 0.6 is 0 Å². The Morgan fingerprint density at radius 3 is 2.18 bits per heavy atom. The number of ether oxygens (including phenoxy) is 4. The molecule has 0 fully saturated rings. The molecule has 3 aromatic carbocycles. The summed E-state index contributed by atoms with van der Waals surface area (Å²) in [4.78, 5) is 20.9. The Bertz CT molecular complexity index is 1330. The highest BCUT2D eigenvalue weighted by Crippen LogP contribution is 2.26. The first-order chi connectivity index (χ1) is 19.1. The predicted octanol–water partition coefficient (Wildman–Crippen LogP) is 6.21. The quantitative estimate of drug-likeness (QED) is 0.110. The predicted molar refractivity (Wildman–Crippen MR) is 149 cm³/mol. The van der Waals surface area contributed by atoms with E-state index in [4.69, 9.17) is 18.9 Å². The molecule has 204 valence electrons. The maximum Gasteiger partial charge on any atom is 0.343 e. The van der Waals surface area contributed by atoms with Gasteiger partial charge < -0.3 is 24.1 Å². The Morgan fingerprint density at radius 2 is 1.41 bits per heavy atom. The second-order valence-electron chi connectivity index (χ2n) is 9.04. The first kappa shape index (κ1) is 28.0. The summed E-state index contributed by atoms with van der Waals surface area (Å²) < 4.78 is 22.4. The van der Waals surface area contributed by atoms with Gasteiger partial charge in [0.1, 0.15) is 18.1 Å². The Labute approximate surface area is 228 Å². The first-order valence-electron chi connectivity index (χ1n) is 13.3. The van der Waals surface area contributed by atoms with Crippen molar-refractivity contribution in [3.05, 3.63) is 78.6 Å². The topological polar surface area (TPSA) is 100 Å². The summed E-state index contributed by atoms with van der Waals surface area (Å²) >= 11 is 0. The van der Waals surface area contributed by atoms with Crippen LogP contribution in [0.2, 0.25) is 0 Å². The number of unbranched alkanes of at least 4 members (excludes halogenated alkanes) is 3. The molecule has 0 radical (unpaired) electrons. The van der Waals surface area contributed by atoms with Crippen LogP contribution in [0.25, 0.3) is 22.2 Å². The normalized spacial score (nSPS) is 11.0. The van der Waals surface area contributed by atoms with Crippen LogP contribution in [0, 0.1) is 0 Å². The van der Waals surface area contributed by atoms with Crippen molar-refractivity contribution in [2.45, 2.75) is 32.6 Å². The summed E-state index contributed by atoms with van der Waals surface area (Å²) in [5, 5.41) is 11.2. The number of hydrogen-bond acceptors (Lipinski definition) is 8. The van der Waals surface area contributed by atoms with Gasteiger partial charge in [0.15, 0.2) is 11.6 Å². The van der Waals surface area contributed by atoms with Gasteiger partial charge in [0.25, 0.3) is 0 Å². The minimum atomic E-state index is -0.451. The molecule has 1 heterocycles. The third-order valence-corrected chi connectivity index (χ3v) is 6.02. The molecule has 0 amide bonds. The number of hydrogen-bond donors (Lipinski definition) is 1. The van der Waals surface area contributed by atoms with E-state index in [-0.39, 0.29) is 5.75 Å². The third-order valence-electron chi connectivity index (χ3n) is 6.02. The van der Waals surface area contributed by atoms with E-state index in [1.807, 2.05) is 30.3 Å². The Kier molecular flexibility index (Phi) is 10.6. The second kappa shape index (κ2) is 14.8. The lowest BCUT2D eigenvalue weighted by molar-refractivity contribution is 0.0352. The smallest absolute Gasteiger partial charge is 0.343 e. The standard InChI is InChI=1S/C31H34N2O6/c1-2-3-4-5-14-36-15-16-37-17-18-38-28-11-8-23(9-12-28)31(35)39-29-13-10-24-19-26(7-6-25(24)20-29)30-32-21-27(34)22-33-30/h6-13,19-22,34H,2-5,14-18H2,1H3. The molecular formula is C31H34N2O6. The van der Waals surface area contributed by atoms with Gasteiger partial charge in [0.2, 0.25) is 0 Å². The average molecular weight is 531 g/mol. The molecule has 0 unspecified atom stereocenters. The largest absolute Gasteiger partial charge is 0.505 e. The SMILES string of the molecule is CCCCCCOCCOCCOc1ccc(C(=O)Oc2ccc3cc(-c4ncc(O)cn4)ccc3c2)cc1. The lowest BCUT2D eigenvalue weighted by Gasteiger charge is -2.09. The molecule has 0 aliphatic heterocycles. The Balaban J connectivity index is 1.20. The summed E-state index contributed by atoms with van der Waals surface area (Å²) in [6.45, 7) is 5.00. The second-order valence-corrected chi connectivity index (χ2v) is 9.04. The number of aromatic nitrogens is 2. The molecule has 0 saturated carbocycles. The molecule has 39 heavy (non-hydrogen) atoms. The molecule has 8 heteroatoms. The van der Waals surface area contributed by atoms with Crippen LogP contribution in [0.5, 0.6) is 17.2 Å². The zero-order valence-corrected chi connectivity index (χ0v) is 22.2. The molecule has 1 N–H and O–H groups in total. The van der Waals surface area contributed by atoms with Crippen LogP contribution < -0.4 is 9.47 Å². The highest BCUT2D eigenvalue weighted by molar-refractivity contribution is 5.92. The number of benzene rings is 3. The fourth-order valence-corrected chi connectivity index (χ4v) is 3.92. The van der Waals surface area contributed by atoms with Crippen molar-refractivity contribution in [2.24, 2.45) is 0 Å². The van der Waals surface area contributed by atoms with Crippen LogP contribution in [0.4, 0.5) is 0 Å². The van der Waals surface area contributed by atoms with E-state index < -0.39 is 5.97 Å². The molecule has 8 nitrogen and oxygen atoms in total. The van der Waals surface area contributed by atoms with Crippen molar-refractivity contribution in [2.75, 3.05) is 33.0 Å². The van der Waals surface area contributed by atoms with Gasteiger partial charge in [-0.3, -0.25) is 0 Å².